The van der Waals surface area contributed by atoms with E-state index in [1.54, 1.807) is 12.2 Å². The summed E-state index contributed by atoms with van der Waals surface area (Å²) in [5.41, 5.74) is 0.431. The molecule has 0 heterocycles. The van der Waals surface area contributed by atoms with E-state index in [0.717, 1.165) is 12.1 Å². The van der Waals surface area contributed by atoms with Crippen LogP contribution in [0.4, 0.5) is 14.5 Å². The SMILES string of the molecule is C=CCON(CC=C)c1ccc(F)c(F)c1. The topological polar surface area (TPSA) is 12.5 Å². The fourth-order valence-corrected chi connectivity index (χ4v) is 1.13. The summed E-state index contributed by atoms with van der Waals surface area (Å²) in [4.78, 5) is 5.27. The number of rotatable bonds is 6. The third-order valence-corrected chi connectivity index (χ3v) is 1.83. The minimum absolute atomic E-state index is 0.285. The Morgan fingerprint density at radius 3 is 2.50 bits per heavy atom. The van der Waals surface area contributed by atoms with Gasteiger partial charge >= 0.3 is 0 Å². The Balaban J connectivity index is 2.86. The maximum absolute atomic E-state index is 13.0. The summed E-state index contributed by atoms with van der Waals surface area (Å²) in [6.45, 7) is 7.72. The second-order valence-electron chi connectivity index (χ2n) is 3.03. The molecule has 1 aromatic rings. The lowest BCUT2D eigenvalue weighted by molar-refractivity contribution is 0.140. The van der Waals surface area contributed by atoms with E-state index >= 15 is 0 Å². The van der Waals surface area contributed by atoms with Crippen molar-refractivity contribution in [2.75, 3.05) is 18.2 Å². The summed E-state index contributed by atoms with van der Waals surface area (Å²) in [6.07, 6.45) is 3.17. The van der Waals surface area contributed by atoms with Crippen LogP contribution < -0.4 is 5.06 Å². The van der Waals surface area contributed by atoms with Gasteiger partial charge in [0.05, 0.1) is 18.8 Å². The van der Waals surface area contributed by atoms with Gasteiger partial charge in [-0.15, -0.1) is 13.2 Å². The largest absolute Gasteiger partial charge is 0.269 e. The predicted octanol–water partition coefficient (Wildman–Crippen LogP) is 3.07. The molecule has 4 heteroatoms. The van der Waals surface area contributed by atoms with Crippen LogP contribution in [0.25, 0.3) is 0 Å². The molecular formula is C12H13F2NO. The molecule has 0 saturated heterocycles. The second kappa shape index (κ2) is 6.02. The first-order chi connectivity index (χ1) is 7.69. The van der Waals surface area contributed by atoms with Gasteiger partial charge in [-0.25, -0.2) is 13.8 Å². The first-order valence-electron chi connectivity index (χ1n) is 4.76. The average molecular weight is 225 g/mol. The van der Waals surface area contributed by atoms with E-state index < -0.39 is 11.6 Å². The molecule has 2 nitrogen and oxygen atoms in total. The zero-order valence-corrected chi connectivity index (χ0v) is 8.83. The molecule has 1 rings (SSSR count). The smallest absolute Gasteiger partial charge is 0.160 e. The highest BCUT2D eigenvalue weighted by Gasteiger charge is 2.08. The molecule has 1 aromatic carbocycles. The van der Waals surface area contributed by atoms with Gasteiger partial charge in [-0.05, 0) is 12.1 Å². The van der Waals surface area contributed by atoms with Gasteiger partial charge in [0, 0.05) is 6.07 Å². The Bertz CT molecular complexity index is 379. The number of benzene rings is 1. The summed E-state index contributed by atoms with van der Waals surface area (Å²) >= 11 is 0. The number of nitrogens with zero attached hydrogens (tertiary/aromatic N) is 1. The van der Waals surface area contributed by atoms with E-state index in [2.05, 4.69) is 13.2 Å². The Kier molecular flexibility index (Phi) is 4.66. The molecular weight excluding hydrogens is 212 g/mol. The van der Waals surface area contributed by atoms with Crippen molar-refractivity contribution < 1.29 is 13.6 Å². The van der Waals surface area contributed by atoms with Crippen molar-refractivity contribution in [2.45, 2.75) is 0 Å². The van der Waals surface area contributed by atoms with Crippen LogP contribution in [0.15, 0.2) is 43.5 Å². The summed E-state index contributed by atoms with van der Waals surface area (Å²) in [7, 11) is 0. The van der Waals surface area contributed by atoms with Crippen LogP contribution in [0.5, 0.6) is 0 Å². The molecule has 0 spiro atoms. The van der Waals surface area contributed by atoms with Crippen molar-refractivity contribution >= 4 is 5.69 Å². The van der Waals surface area contributed by atoms with Crippen molar-refractivity contribution in [3.05, 3.63) is 55.1 Å². The van der Waals surface area contributed by atoms with Gasteiger partial charge in [-0.3, -0.25) is 4.84 Å². The van der Waals surface area contributed by atoms with Crippen molar-refractivity contribution in [2.24, 2.45) is 0 Å². The normalized spacial score (nSPS) is 9.88. The van der Waals surface area contributed by atoms with Gasteiger partial charge in [0.1, 0.15) is 0 Å². The van der Waals surface area contributed by atoms with Crippen LogP contribution in [0.1, 0.15) is 0 Å². The van der Waals surface area contributed by atoms with Crippen LogP contribution >= 0.6 is 0 Å². The van der Waals surface area contributed by atoms with Crippen molar-refractivity contribution in [3.63, 3.8) is 0 Å². The van der Waals surface area contributed by atoms with Gasteiger partial charge in [-0.1, -0.05) is 12.2 Å². The molecule has 0 unspecified atom stereocenters. The van der Waals surface area contributed by atoms with Gasteiger partial charge in [0.2, 0.25) is 0 Å². The highest BCUT2D eigenvalue weighted by Crippen LogP contribution is 2.18. The maximum atomic E-state index is 13.0. The summed E-state index contributed by atoms with van der Waals surface area (Å²) in [6, 6.07) is 3.56. The number of hydrogen-bond acceptors (Lipinski definition) is 2. The maximum Gasteiger partial charge on any atom is 0.160 e. The van der Waals surface area contributed by atoms with E-state index in [1.807, 2.05) is 0 Å². The van der Waals surface area contributed by atoms with Crippen LogP contribution in [-0.2, 0) is 4.84 Å². The Labute approximate surface area is 93.4 Å². The van der Waals surface area contributed by atoms with E-state index in [1.165, 1.54) is 11.1 Å². The monoisotopic (exact) mass is 225 g/mol. The second-order valence-corrected chi connectivity index (χ2v) is 3.03. The van der Waals surface area contributed by atoms with Crippen molar-refractivity contribution in [1.29, 1.82) is 0 Å². The van der Waals surface area contributed by atoms with Crippen LogP contribution in [0.3, 0.4) is 0 Å². The highest BCUT2D eigenvalue weighted by atomic mass is 19.2. The van der Waals surface area contributed by atoms with Gasteiger partial charge in [-0.2, -0.15) is 0 Å². The minimum Gasteiger partial charge on any atom is -0.269 e. The Hall–Kier alpha value is -1.68. The number of hydroxylamine groups is 1. The zero-order chi connectivity index (χ0) is 12.0. The molecule has 0 saturated carbocycles. The summed E-state index contributed by atoms with van der Waals surface area (Å²) in [5, 5.41) is 1.41. The van der Waals surface area contributed by atoms with Crippen LogP contribution in [0.2, 0.25) is 0 Å². The zero-order valence-electron chi connectivity index (χ0n) is 8.83. The Morgan fingerprint density at radius 2 is 1.94 bits per heavy atom. The summed E-state index contributed by atoms with van der Waals surface area (Å²) < 4.78 is 25.7. The highest BCUT2D eigenvalue weighted by molar-refractivity contribution is 5.44. The van der Waals surface area contributed by atoms with E-state index in [4.69, 9.17) is 4.84 Å². The number of anilines is 1. The fraction of sp³-hybridized carbons (Fsp3) is 0.167. The minimum atomic E-state index is -0.909. The lowest BCUT2D eigenvalue weighted by Crippen LogP contribution is -2.23. The number of halogens is 2. The first kappa shape index (κ1) is 12.4. The molecule has 86 valence electrons. The van der Waals surface area contributed by atoms with E-state index in [-0.39, 0.29) is 6.61 Å². The molecule has 0 aliphatic heterocycles. The molecule has 0 bridgehead atoms. The first-order valence-corrected chi connectivity index (χ1v) is 4.76. The third-order valence-electron chi connectivity index (χ3n) is 1.83. The van der Waals surface area contributed by atoms with Crippen LogP contribution in [0, 0.1) is 11.6 Å². The molecule has 0 aliphatic rings. The quantitative estimate of drug-likeness (QED) is 0.545. The predicted molar refractivity (Wildman–Crippen MR) is 60.1 cm³/mol. The molecule has 16 heavy (non-hydrogen) atoms. The van der Waals surface area contributed by atoms with E-state index in [0.29, 0.717) is 12.2 Å². The lowest BCUT2D eigenvalue weighted by Gasteiger charge is -2.21. The van der Waals surface area contributed by atoms with E-state index in [9.17, 15) is 8.78 Å². The molecule has 0 fully saturated rings. The summed E-state index contributed by atoms with van der Waals surface area (Å²) in [5.74, 6) is -1.79. The molecule has 0 N–H and O–H groups in total. The van der Waals surface area contributed by atoms with Crippen LogP contribution in [-0.4, -0.2) is 13.2 Å². The van der Waals surface area contributed by atoms with Gasteiger partial charge in [0.15, 0.2) is 11.6 Å². The average Bonchev–Trinajstić information content (AvgIpc) is 2.28. The number of hydrogen-bond donors (Lipinski definition) is 0. The van der Waals surface area contributed by atoms with Crippen molar-refractivity contribution in [3.8, 4) is 0 Å². The third kappa shape index (κ3) is 3.17. The molecule has 0 aromatic heterocycles. The molecule has 0 radical (unpaired) electrons. The molecule has 0 atom stereocenters. The Morgan fingerprint density at radius 1 is 1.19 bits per heavy atom. The molecule has 0 aliphatic carbocycles. The van der Waals surface area contributed by atoms with Gasteiger partial charge in [0.25, 0.3) is 0 Å². The van der Waals surface area contributed by atoms with Crippen molar-refractivity contribution in [1.82, 2.24) is 0 Å². The van der Waals surface area contributed by atoms with Gasteiger partial charge < -0.3 is 0 Å². The molecule has 0 amide bonds. The standard InChI is InChI=1S/C12H13F2NO/c1-3-7-15(16-8-4-2)10-5-6-11(13)12(14)9-10/h3-6,9H,1-2,7-8H2. The fourth-order valence-electron chi connectivity index (χ4n) is 1.13. The lowest BCUT2D eigenvalue weighted by atomic mass is 10.3.